The molecule has 8 heteroatoms. The highest BCUT2D eigenvalue weighted by Crippen LogP contribution is 2.33. The summed E-state index contributed by atoms with van der Waals surface area (Å²) in [5, 5.41) is 1.06. The number of methoxy groups -OCH3 is 2. The lowest BCUT2D eigenvalue weighted by molar-refractivity contribution is 0.254. The van der Waals surface area contributed by atoms with Crippen LogP contribution in [0.5, 0.6) is 11.5 Å². The van der Waals surface area contributed by atoms with Gasteiger partial charge in [0.05, 0.1) is 25.9 Å². The van der Waals surface area contributed by atoms with E-state index < -0.39 is 0 Å². The van der Waals surface area contributed by atoms with Gasteiger partial charge in [0.1, 0.15) is 22.8 Å². The lowest BCUT2D eigenvalue weighted by Gasteiger charge is -2.36. The van der Waals surface area contributed by atoms with Crippen LogP contribution in [0.4, 0.5) is 5.69 Å². The Morgan fingerprint density at radius 3 is 2.29 bits per heavy atom. The van der Waals surface area contributed by atoms with Gasteiger partial charge in [-0.2, -0.15) is 0 Å². The van der Waals surface area contributed by atoms with Crippen molar-refractivity contribution in [3.63, 3.8) is 0 Å². The number of hydrogen-bond acceptors (Lipinski definition) is 6. The molecule has 5 rings (SSSR count). The van der Waals surface area contributed by atoms with Crippen molar-refractivity contribution in [2.75, 3.05) is 51.8 Å². The number of hydrogen-bond donors (Lipinski definition) is 1. The number of nitrogens with two attached hydrogens (primary N) is 1. The molecule has 0 spiro atoms. The van der Waals surface area contributed by atoms with Crippen LogP contribution in [0.25, 0.3) is 11.0 Å². The Labute approximate surface area is 237 Å². The highest BCUT2D eigenvalue weighted by molar-refractivity contribution is 5.85. The number of fused-ring (bicyclic) bond motifs is 1. The minimum atomic E-state index is -0.379. The zero-order valence-electron chi connectivity index (χ0n) is 22.0. The number of para-hydroxylation sites is 3. The number of furan rings is 1. The van der Waals surface area contributed by atoms with Crippen LogP contribution in [-0.4, -0.2) is 51.8 Å². The maximum atomic E-state index is 6.66. The molecule has 0 saturated carbocycles. The van der Waals surface area contributed by atoms with E-state index in [4.69, 9.17) is 19.6 Å². The number of aryl methyl sites for hydroxylation is 1. The third-order valence-electron chi connectivity index (χ3n) is 7.12. The number of anilines is 1. The van der Waals surface area contributed by atoms with E-state index in [1.807, 2.05) is 48.5 Å². The second kappa shape index (κ2) is 13.8. The fraction of sp³-hybridized carbons (Fsp3) is 0.333. The molecule has 1 aliphatic heterocycles. The molecule has 1 fully saturated rings. The summed E-state index contributed by atoms with van der Waals surface area (Å²) in [6, 6.07) is 24.3. The van der Waals surface area contributed by atoms with Gasteiger partial charge in [0.2, 0.25) is 0 Å². The Balaban J connectivity index is 0.00000200. The van der Waals surface area contributed by atoms with Gasteiger partial charge in [0.25, 0.3) is 0 Å². The lowest BCUT2D eigenvalue weighted by Crippen LogP contribution is -2.46. The Kier molecular flexibility index (Phi) is 10.7. The van der Waals surface area contributed by atoms with Crippen LogP contribution in [0.2, 0.25) is 0 Å². The quantitative estimate of drug-likeness (QED) is 0.268. The third kappa shape index (κ3) is 6.56. The Bertz CT molecular complexity index is 1270. The number of halogens is 2. The van der Waals surface area contributed by atoms with Crippen LogP contribution in [-0.2, 0) is 6.42 Å². The van der Waals surface area contributed by atoms with Crippen LogP contribution in [0.3, 0.4) is 0 Å². The molecule has 6 nitrogen and oxygen atoms in total. The summed E-state index contributed by atoms with van der Waals surface area (Å²) in [4.78, 5) is 4.97. The average Bonchev–Trinajstić information content (AvgIpc) is 3.37. The maximum absolute atomic E-state index is 6.66. The monoisotopic (exact) mass is 557 g/mol. The second-order valence-electron chi connectivity index (χ2n) is 9.34. The Morgan fingerprint density at radius 2 is 1.55 bits per heavy atom. The van der Waals surface area contributed by atoms with E-state index in [1.165, 1.54) is 11.3 Å². The molecule has 0 amide bonds. The SMILES string of the molecule is COc1ccc(CCCN2CCN(c3ccccc3OC)CC2)cc1C(N)c1cc2ccccc2o1.Cl.Cl. The molecule has 2 heterocycles. The summed E-state index contributed by atoms with van der Waals surface area (Å²) in [6.07, 6.45) is 2.09. The first-order chi connectivity index (χ1) is 17.7. The molecule has 0 aliphatic carbocycles. The lowest BCUT2D eigenvalue weighted by atomic mass is 9.99. The van der Waals surface area contributed by atoms with Crippen molar-refractivity contribution >= 4 is 41.5 Å². The molecular weight excluding hydrogens is 521 g/mol. The van der Waals surface area contributed by atoms with E-state index in [9.17, 15) is 0 Å². The maximum Gasteiger partial charge on any atom is 0.142 e. The molecule has 2 N–H and O–H groups in total. The predicted molar refractivity (Wildman–Crippen MR) is 160 cm³/mol. The summed E-state index contributed by atoms with van der Waals surface area (Å²) in [5.41, 5.74) is 10.9. The Morgan fingerprint density at radius 1 is 0.842 bits per heavy atom. The number of piperazine rings is 1. The first-order valence-electron chi connectivity index (χ1n) is 12.7. The molecule has 0 radical (unpaired) electrons. The van der Waals surface area contributed by atoms with Gasteiger partial charge < -0.3 is 24.5 Å². The van der Waals surface area contributed by atoms with Gasteiger partial charge >= 0.3 is 0 Å². The molecule has 38 heavy (non-hydrogen) atoms. The molecule has 1 aliphatic rings. The summed E-state index contributed by atoms with van der Waals surface area (Å²) in [6.45, 7) is 5.22. The second-order valence-corrected chi connectivity index (χ2v) is 9.34. The first kappa shape index (κ1) is 29.7. The van der Waals surface area contributed by atoms with Crippen LogP contribution in [0, 0.1) is 0 Å². The first-order valence-corrected chi connectivity index (χ1v) is 12.7. The van der Waals surface area contributed by atoms with Crippen molar-refractivity contribution < 1.29 is 13.9 Å². The fourth-order valence-electron chi connectivity index (χ4n) is 5.10. The Hall–Kier alpha value is -2.90. The highest BCUT2D eigenvalue weighted by atomic mass is 35.5. The van der Waals surface area contributed by atoms with E-state index in [2.05, 4.69) is 34.1 Å². The van der Waals surface area contributed by atoms with Crippen molar-refractivity contribution in [1.82, 2.24) is 4.90 Å². The summed E-state index contributed by atoms with van der Waals surface area (Å²) in [7, 11) is 3.43. The molecule has 1 saturated heterocycles. The highest BCUT2D eigenvalue weighted by Gasteiger charge is 2.21. The molecule has 0 bridgehead atoms. The van der Waals surface area contributed by atoms with Crippen molar-refractivity contribution in [3.8, 4) is 11.5 Å². The molecule has 1 unspecified atom stereocenters. The van der Waals surface area contributed by atoms with Gasteiger partial charge in [-0.15, -0.1) is 24.8 Å². The zero-order valence-corrected chi connectivity index (χ0v) is 23.6. The van der Waals surface area contributed by atoms with Gasteiger partial charge in [0, 0.05) is 37.1 Å². The molecular formula is C30H37Cl2N3O3. The molecule has 3 aromatic carbocycles. The largest absolute Gasteiger partial charge is 0.496 e. The van der Waals surface area contributed by atoms with E-state index >= 15 is 0 Å². The molecule has 4 aromatic rings. The summed E-state index contributed by atoms with van der Waals surface area (Å²) in [5.74, 6) is 2.49. The topological polar surface area (TPSA) is 64.1 Å². The van der Waals surface area contributed by atoms with Crippen LogP contribution >= 0.6 is 24.8 Å². The van der Waals surface area contributed by atoms with E-state index in [1.54, 1.807) is 14.2 Å². The number of rotatable bonds is 9. The number of ether oxygens (including phenoxy) is 2. The van der Waals surface area contributed by atoms with E-state index in [0.717, 1.165) is 79.4 Å². The van der Waals surface area contributed by atoms with Crippen LogP contribution < -0.4 is 20.1 Å². The van der Waals surface area contributed by atoms with Gasteiger partial charge in [-0.25, -0.2) is 0 Å². The van der Waals surface area contributed by atoms with Crippen molar-refractivity contribution in [2.24, 2.45) is 5.73 Å². The van der Waals surface area contributed by atoms with Crippen molar-refractivity contribution in [2.45, 2.75) is 18.9 Å². The van der Waals surface area contributed by atoms with E-state index in [0.29, 0.717) is 0 Å². The van der Waals surface area contributed by atoms with Crippen molar-refractivity contribution in [3.05, 3.63) is 89.7 Å². The average molecular weight is 559 g/mol. The number of benzene rings is 3. The van der Waals surface area contributed by atoms with Gasteiger partial charge in [-0.05, 0) is 55.3 Å². The number of nitrogens with zero attached hydrogens (tertiary/aromatic N) is 2. The third-order valence-corrected chi connectivity index (χ3v) is 7.12. The molecule has 1 aromatic heterocycles. The summed E-state index contributed by atoms with van der Waals surface area (Å²) >= 11 is 0. The molecule has 204 valence electrons. The standard InChI is InChI=1S/C30H35N3O3.2ClH/c1-34-27-14-13-22(20-24(27)30(31)29-21-23-9-3-5-11-26(23)36-29)8-7-15-32-16-18-33(19-17-32)25-10-4-6-12-28(25)35-2;;/h3-6,9-14,20-21,30H,7-8,15-19,31H2,1-2H3;2*1H. The van der Waals surface area contributed by atoms with Gasteiger partial charge in [-0.1, -0.05) is 42.5 Å². The fourth-order valence-corrected chi connectivity index (χ4v) is 5.10. The van der Waals surface area contributed by atoms with Crippen LogP contribution in [0.15, 0.2) is 77.2 Å². The molecule has 1 atom stereocenters. The van der Waals surface area contributed by atoms with Crippen molar-refractivity contribution in [1.29, 1.82) is 0 Å². The normalized spacial score (nSPS) is 14.4. The summed E-state index contributed by atoms with van der Waals surface area (Å²) < 4.78 is 17.2. The smallest absolute Gasteiger partial charge is 0.142 e. The minimum Gasteiger partial charge on any atom is -0.496 e. The van der Waals surface area contributed by atoms with Crippen LogP contribution in [0.1, 0.15) is 29.3 Å². The zero-order chi connectivity index (χ0) is 24.9. The van der Waals surface area contributed by atoms with Gasteiger partial charge in [-0.3, -0.25) is 4.90 Å². The predicted octanol–water partition coefficient (Wildman–Crippen LogP) is 6.10. The van der Waals surface area contributed by atoms with E-state index in [-0.39, 0.29) is 30.9 Å². The minimum absolute atomic E-state index is 0. The van der Waals surface area contributed by atoms with Gasteiger partial charge in [0.15, 0.2) is 0 Å².